The molecular formula is C19H16FNO2. The van der Waals surface area contributed by atoms with Crippen LogP contribution in [0.5, 0.6) is 11.5 Å². The molecule has 2 aromatic carbocycles. The molecule has 0 saturated carbocycles. The number of ether oxygens (including phenoxy) is 2. The number of benzene rings is 2. The van der Waals surface area contributed by atoms with E-state index in [-0.39, 0.29) is 18.5 Å². The number of fused-ring (bicyclic) bond motifs is 1. The molecular weight excluding hydrogens is 293 g/mol. The van der Waals surface area contributed by atoms with Gasteiger partial charge >= 0.3 is 0 Å². The largest absolute Gasteiger partial charge is 0.454 e. The summed E-state index contributed by atoms with van der Waals surface area (Å²) < 4.78 is 24.5. The molecule has 1 heterocycles. The van der Waals surface area contributed by atoms with Gasteiger partial charge in [0.15, 0.2) is 11.5 Å². The number of hydrogen-bond donors (Lipinski definition) is 0. The summed E-state index contributed by atoms with van der Waals surface area (Å²) in [5, 5.41) is 8.91. The molecule has 1 aliphatic rings. The summed E-state index contributed by atoms with van der Waals surface area (Å²) in [4.78, 5) is 0. The van der Waals surface area contributed by atoms with Crippen LogP contribution in [-0.4, -0.2) is 6.79 Å². The lowest BCUT2D eigenvalue weighted by molar-refractivity contribution is 0.174. The molecule has 0 amide bonds. The van der Waals surface area contributed by atoms with Crippen molar-refractivity contribution in [3.05, 3.63) is 53.4 Å². The fourth-order valence-electron chi connectivity index (χ4n) is 2.76. The first-order chi connectivity index (χ1) is 11.1. The first-order valence-electron chi connectivity index (χ1n) is 7.40. The van der Waals surface area contributed by atoms with E-state index in [0.29, 0.717) is 11.5 Å². The van der Waals surface area contributed by atoms with Crippen molar-refractivity contribution in [3.8, 4) is 28.7 Å². The Morgan fingerprint density at radius 3 is 2.61 bits per heavy atom. The van der Waals surface area contributed by atoms with Crippen molar-refractivity contribution >= 4 is 6.08 Å². The lowest BCUT2D eigenvalue weighted by Crippen LogP contribution is -1.97. The molecule has 0 N–H and O–H groups in total. The Kier molecular flexibility index (Phi) is 4.03. The van der Waals surface area contributed by atoms with Gasteiger partial charge in [0.2, 0.25) is 6.79 Å². The molecule has 0 aliphatic carbocycles. The Hall–Kier alpha value is -2.80. The van der Waals surface area contributed by atoms with Crippen LogP contribution in [0.25, 0.3) is 17.2 Å². The van der Waals surface area contributed by atoms with Crippen LogP contribution in [0.4, 0.5) is 4.39 Å². The van der Waals surface area contributed by atoms with Crippen molar-refractivity contribution in [2.75, 3.05) is 6.79 Å². The predicted octanol–water partition coefficient (Wildman–Crippen LogP) is 4.88. The highest BCUT2D eigenvalue weighted by Crippen LogP contribution is 2.47. The summed E-state index contributed by atoms with van der Waals surface area (Å²) in [6, 6.07) is 10.2. The molecule has 0 spiro atoms. The standard InChI is InChI=1S/C19H16FNO2/c1-12(2)16-10-17-19(23-11-22-17)18(15(16)4-3-9-21)13-5-7-14(20)8-6-13/h3-8,10,12H,11H2,1-2H3/b4-3+. The van der Waals surface area contributed by atoms with Crippen LogP contribution in [0.3, 0.4) is 0 Å². The van der Waals surface area contributed by atoms with Gasteiger partial charge in [-0.3, -0.25) is 0 Å². The monoisotopic (exact) mass is 309 g/mol. The molecule has 3 rings (SSSR count). The van der Waals surface area contributed by atoms with Crippen LogP contribution in [0.1, 0.15) is 30.9 Å². The highest BCUT2D eigenvalue weighted by atomic mass is 19.1. The first-order valence-corrected chi connectivity index (χ1v) is 7.40. The second kappa shape index (κ2) is 6.13. The van der Waals surface area contributed by atoms with Crippen LogP contribution in [0.15, 0.2) is 36.4 Å². The molecule has 1 aliphatic heterocycles. The van der Waals surface area contributed by atoms with Crippen molar-refractivity contribution in [1.29, 1.82) is 5.26 Å². The molecule has 0 fully saturated rings. The van der Waals surface area contributed by atoms with Gasteiger partial charge in [-0.1, -0.05) is 26.0 Å². The minimum absolute atomic E-state index is 0.159. The van der Waals surface area contributed by atoms with E-state index in [1.54, 1.807) is 18.2 Å². The van der Waals surface area contributed by atoms with E-state index < -0.39 is 0 Å². The van der Waals surface area contributed by atoms with Crippen LogP contribution < -0.4 is 9.47 Å². The molecule has 4 heteroatoms. The van der Waals surface area contributed by atoms with Crippen LogP contribution in [0.2, 0.25) is 0 Å². The Labute approximate surface area is 134 Å². The summed E-state index contributed by atoms with van der Waals surface area (Å²) in [5.41, 5.74) is 3.61. The average Bonchev–Trinajstić information content (AvgIpc) is 3.00. The SMILES string of the molecule is CC(C)c1cc2c(c(-c3ccc(F)cc3)c1/C=C/C#N)OCO2. The highest BCUT2D eigenvalue weighted by molar-refractivity contribution is 5.85. The minimum atomic E-state index is -0.295. The van der Waals surface area contributed by atoms with E-state index in [0.717, 1.165) is 22.3 Å². The maximum absolute atomic E-state index is 13.3. The van der Waals surface area contributed by atoms with Gasteiger partial charge in [-0.15, -0.1) is 0 Å². The lowest BCUT2D eigenvalue weighted by Gasteiger charge is -2.17. The van der Waals surface area contributed by atoms with Gasteiger partial charge in [0, 0.05) is 11.6 Å². The van der Waals surface area contributed by atoms with Gasteiger partial charge in [-0.05, 0) is 46.9 Å². The zero-order valence-corrected chi connectivity index (χ0v) is 13.0. The average molecular weight is 309 g/mol. The van der Waals surface area contributed by atoms with Crippen LogP contribution in [0, 0.1) is 17.1 Å². The molecule has 2 aromatic rings. The number of nitrogens with zero attached hydrogens (tertiary/aromatic N) is 1. The van der Waals surface area contributed by atoms with Gasteiger partial charge in [0.05, 0.1) is 6.07 Å². The fourth-order valence-corrected chi connectivity index (χ4v) is 2.76. The highest BCUT2D eigenvalue weighted by Gasteiger charge is 2.25. The number of halogens is 1. The summed E-state index contributed by atoms with van der Waals surface area (Å²) in [7, 11) is 0. The van der Waals surface area contributed by atoms with E-state index >= 15 is 0 Å². The van der Waals surface area contributed by atoms with Crippen molar-refractivity contribution in [2.45, 2.75) is 19.8 Å². The van der Waals surface area contributed by atoms with Crippen molar-refractivity contribution < 1.29 is 13.9 Å². The summed E-state index contributed by atoms with van der Waals surface area (Å²) in [6.07, 6.45) is 3.21. The molecule has 0 radical (unpaired) electrons. The molecule has 0 bridgehead atoms. The third-order valence-electron chi connectivity index (χ3n) is 3.81. The van der Waals surface area contributed by atoms with E-state index in [1.807, 2.05) is 12.1 Å². The van der Waals surface area contributed by atoms with Crippen molar-refractivity contribution in [3.63, 3.8) is 0 Å². The van der Waals surface area contributed by atoms with E-state index in [4.69, 9.17) is 14.7 Å². The molecule has 0 saturated heterocycles. The molecule has 0 atom stereocenters. The smallest absolute Gasteiger partial charge is 0.231 e. The normalized spacial score (nSPS) is 12.8. The summed E-state index contributed by atoms with van der Waals surface area (Å²) in [6.45, 7) is 4.32. The quantitative estimate of drug-likeness (QED) is 0.759. The van der Waals surface area contributed by atoms with E-state index in [9.17, 15) is 4.39 Å². The minimum Gasteiger partial charge on any atom is -0.454 e. The van der Waals surface area contributed by atoms with Crippen molar-refractivity contribution in [1.82, 2.24) is 0 Å². The Balaban J connectivity index is 2.32. The first kappa shape index (κ1) is 15.1. The van der Waals surface area contributed by atoms with Gasteiger partial charge < -0.3 is 9.47 Å². The van der Waals surface area contributed by atoms with Crippen LogP contribution in [-0.2, 0) is 0 Å². The molecule has 23 heavy (non-hydrogen) atoms. The maximum atomic E-state index is 13.3. The lowest BCUT2D eigenvalue weighted by atomic mass is 9.88. The fraction of sp³-hybridized carbons (Fsp3) is 0.211. The Morgan fingerprint density at radius 1 is 1.22 bits per heavy atom. The summed E-state index contributed by atoms with van der Waals surface area (Å²) >= 11 is 0. The van der Waals surface area contributed by atoms with Gasteiger partial charge in [-0.25, -0.2) is 4.39 Å². The number of nitriles is 1. The second-order valence-electron chi connectivity index (χ2n) is 5.61. The van der Waals surface area contributed by atoms with E-state index in [2.05, 4.69) is 13.8 Å². The zero-order chi connectivity index (χ0) is 16.4. The zero-order valence-electron chi connectivity index (χ0n) is 13.0. The van der Waals surface area contributed by atoms with Crippen molar-refractivity contribution in [2.24, 2.45) is 0 Å². The summed E-state index contributed by atoms with van der Waals surface area (Å²) in [5.74, 6) is 1.26. The number of hydrogen-bond acceptors (Lipinski definition) is 3. The maximum Gasteiger partial charge on any atom is 0.231 e. The number of rotatable bonds is 3. The molecule has 116 valence electrons. The molecule has 3 nitrogen and oxygen atoms in total. The van der Waals surface area contributed by atoms with Gasteiger partial charge in [0.25, 0.3) is 0 Å². The Morgan fingerprint density at radius 2 is 1.96 bits per heavy atom. The van der Waals surface area contributed by atoms with E-state index in [1.165, 1.54) is 18.2 Å². The van der Waals surface area contributed by atoms with Crippen LogP contribution >= 0.6 is 0 Å². The third-order valence-corrected chi connectivity index (χ3v) is 3.81. The van der Waals surface area contributed by atoms with Gasteiger partial charge in [-0.2, -0.15) is 5.26 Å². The predicted molar refractivity (Wildman–Crippen MR) is 86.7 cm³/mol. The topological polar surface area (TPSA) is 42.2 Å². The molecule has 0 unspecified atom stereocenters. The third kappa shape index (κ3) is 2.78. The number of allylic oxidation sites excluding steroid dienone is 1. The van der Waals surface area contributed by atoms with Gasteiger partial charge in [0.1, 0.15) is 5.82 Å². The Bertz CT molecular complexity index is 802. The molecule has 0 aromatic heterocycles. The second-order valence-corrected chi connectivity index (χ2v) is 5.61.